The van der Waals surface area contributed by atoms with E-state index in [0.29, 0.717) is 22.5 Å². The first-order valence-corrected chi connectivity index (χ1v) is 5.96. The molecule has 1 heterocycles. The van der Waals surface area contributed by atoms with Gasteiger partial charge in [-0.2, -0.15) is 0 Å². The second-order valence-corrected chi connectivity index (χ2v) is 4.80. The monoisotopic (exact) mass is 257 g/mol. The minimum absolute atomic E-state index is 0.350. The van der Waals surface area contributed by atoms with Crippen molar-refractivity contribution in [2.24, 2.45) is 5.73 Å². The van der Waals surface area contributed by atoms with Gasteiger partial charge in [0.25, 0.3) is 0 Å². The lowest BCUT2D eigenvalue weighted by Crippen LogP contribution is -2.34. The molecule has 0 fully saturated rings. The van der Waals surface area contributed by atoms with Gasteiger partial charge in [-0.3, -0.25) is 0 Å². The molecule has 0 aliphatic rings. The minimum Gasteiger partial charge on any atom is -0.393 e. The fraction of sp³-hybridized carbons (Fsp3) is 0.455. The number of anilines is 1. The molecule has 88 valence electrons. The normalized spacial score (nSPS) is 10.5. The molecule has 1 aromatic heterocycles. The second kappa shape index (κ2) is 6.01. The van der Waals surface area contributed by atoms with E-state index in [9.17, 15) is 0 Å². The number of thiocarbonyl (C=S) groups is 1. The molecule has 0 spiro atoms. The van der Waals surface area contributed by atoms with Crippen LogP contribution in [0, 0.1) is 0 Å². The largest absolute Gasteiger partial charge is 0.393 e. The third-order valence-electron chi connectivity index (χ3n) is 2.23. The van der Waals surface area contributed by atoms with Crippen LogP contribution in [0.4, 0.5) is 5.82 Å². The van der Waals surface area contributed by atoms with Crippen molar-refractivity contribution >= 4 is 34.6 Å². The van der Waals surface area contributed by atoms with E-state index in [1.807, 2.05) is 12.1 Å². The number of pyridine rings is 1. The predicted octanol–water partition coefficient (Wildman–Crippen LogP) is 2.63. The maximum Gasteiger partial charge on any atom is 0.128 e. The van der Waals surface area contributed by atoms with Gasteiger partial charge in [-0.25, -0.2) is 4.98 Å². The molecule has 0 aromatic carbocycles. The summed E-state index contributed by atoms with van der Waals surface area (Å²) >= 11 is 10.7. The lowest BCUT2D eigenvalue weighted by atomic mass is 10.2. The number of hydrogen-bond acceptors (Lipinski definition) is 3. The maximum absolute atomic E-state index is 5.80. The Morgan fingerprint density at radius 2 is 2.25 bits per heavy atom. The van der Waals surface area contributed by atoms with Crippen LogP contribution in [0.2, 0.25) is 5.02 Å². The quantitative estimate of drug-likeness (QED) is 0.824. The molecule has 0 atom stereocenters. The Morgan fingerprint density at radius 3 is 2.69 bits per heavy atom. The van der Waals surface area contributed by atoms with Crippen molar-refractivity contribution in [3.63, 3.8) is 0 Å². The summed E-state index contributed by atoms with van der Waals surface area (Å²) in [5, 5.41) is 0.641. The van der Waals surface area contributed by atoms with Crippen molar-refractivity contribution in [3.05, 3.63) is 23.4 Å². The number of rotatable bonds is 5. The predicted molar refractivity (Wildman–Crippen MR) is 73.1 cm³/mol. The van der Waals surface area contributed by atoms with Gasteiger partial charge in [0, 0.05) is 25.2 Å². The number of nitrogens with two attached hydrogens (primary N) is 1. The van der Waals surface area contributed by atoms with Gasteiger partial charge in [0.2, 0.25) is 0 Å². The summed E-state index contributed by atoms with van der Waals surface area (Å²) < 4.78 is 0. The Bertz CT molecular complexity index is 351. The Balaban J connectivity index is 2.77. The molecule has 16 heavy (non-hydrogen) atoms. The first-order chi connectivity index (χ1) is 7.50. The van der Waals surface area contributed by atoms with E-state index < -0.39 is 0 Å². The van der Waals surface area contributed by atoms with Crippen LogP contribution in [-0.2, 0) is 0 Å². The highest BCUT2D eigenvalue weighted by molar-refractivity contribution is 7.80. The average Bonchev–Trinajstić information content (AvgIpc) is 2.20. The Labute approximate surface area is 107 Å². The van der Waals surface area contributed by atoms with Crippen LogP contribution in [0.25, 0.3) is 0 Å². The van der Waals surface area contributed by atoms with Gasteiger partial charge in [0.1, 0.15) is 5.82 Å². The van der Waals surface area contributed by atoms with Gasteiger partial charge in [-0.05, 0) is 26.0 Å². The minimum atomic E-state index is 0.350. The fourth-order valence-corrected chi connectivity index (χ4v) is 1.61. The summed E-state index contributed by atoms with van der Waals surface area (Å²) in [5.74, 6) is 0.899. The fourth-order valence-electron chi connectivity index (χ4n) is 1.41. The zero-order chi connectivity index (χ0) is 12.1. The summed E-state index contributed by atoms with van der Waals surface area (Å²) in [6, 6.07) is 4.09. The molecule has 2 N–H and O–H groups in total. The van der Waals surface area contributed by atoms with E-state index in [4.69, 9.17) is 29.6 Å². The number of halogens is 1. The molecule has 1 rings (SSSR count). The number of aromatic nitrogens is 1. The van der Waals surface area contributed by atoms with Crippen molar-refractivity contribution in [3.8, 4) is 0 Å². The van der Waals surface area contributed by atoms with E-state index in [0.717, 1.165) is 12.4 Å². The van der Waals surface area contributed by atoms with Crippen molar-refractivity contribution in [1.82, 2.24) is 4.98 Å². The third kappa shape index (κ3) is 3.94. The van der Waals surface area contributed by atoms with Crippen LogP contribution < -0.4 is 10.6 Å². The second-order valence-electron chi connectivity index (χ2n) is 3.84. The van der Waals surface area contributed by atoms with Crippen LogP contribution in [0.15, 0.2) is 18.3 Å². The van der Waals surface area contributed by atoms with Crippen molar-refractivity contribution in [2.75, 3.05) is 11.4 Å². The third-order valence-corrected chi connectivity index (χ3v) is 2.66. The van der Waals surface area contributed by atoms with Crippen LogP contribution >= 0.6 is 23.8 Å². The van der Waals surface area contributed by atoms with E-state index in [2.05, 4.69) is 23.7 Å². The molecule has 0 radical (unpaired) electrons. The van der Waals surface area contributed by atoms with Crippen LogP contribution in [0.5, 0.6) is 0 Å². The molecule has 5 heteroatoms. The van der Waals surface area contributed by atoms with Gasteiger partial charge in [0.15, 0.2) is 0 Å². The lowest BCUT2D eigenvalue weighted by Gasteiger charge is -2.27. The molecule has 0 amide bonds. The molecule has 0 saturated carbocycles. The van der Waals surface area contributed by atoms with Crippen molar-refractivity contribution in [1.29, 1.82) is 0 Å². The highest BCUT2D eigenvalue weighted by atomic mass is 35.5. The van der Waals surface area contributed by atoms with E-state index in [1.54, 1.807) is 6.20 Å². The molecular formula is C11H16ClN3S. The topological polar surface area (TPSA) is 42.1 Å². The molecule has 0 aliphatic carbocycles. The maximum atomic E-state index is 5.80. The molecule has 0 aliphatic heterocycles. The summed E-state index contributed by atoms with van der Waals surface area (Å²) in [7, 11) is 0. The van der Waals surface area contributed by atoms with Crippen molar-refractivity contribution in [2.45, 2.75) is 26.3 Å². The van der Waals surface area contributed by atoms with Crippen LogP contribution in [0.3, 0.4) is 0 Å². The Kier molecular flexibility index (Phi) is 4.96. The average molecular weight is 258 g/mol. The summed E-state index contributed by atoms with van der Waals surface area (Å²) in [6.07, 6.45) is 2.34. The molecular weight excluding hydrogens is 242 g/mol. The lowest BCUT2D eigenvalue weighted by molar-refractivity contribution is 0.681. The van der Waals surface area contributed by atoms with Crippen LogP contribution in [-0.4, -0.2) is 22.6 Å². The molecule has 0 bridgehead atoms. The Morgan fingerprint density at radius 1 is 1.56 bits per heavy atom. The molecule has 0 unspecified atom stereocenters. The van der Waals surface area contributed by atoms with E-state index in [-0.39, 0.29) is 0 Å². The van der Waals surface area contributed by atoms with Gasteiger partial charge < -0.3 is 10.6 Å². The first kappa shape index (κ1) is 13.2. The summed E-state index contributed by atoms with van der Waals surface area (Å²) in [4.78, 5) is 6.96. The highest BCUT2D eigenvalue weighted by Gasteiger charge is 2.11. The van der Waals surface area contributed by atoms with Gasteiger partial charge in [0.05, 0.1) is 10.0 Å². The number of nitrogens with zero attached hydrogens (tertiary/aromatic N) is 2. The zero-order valence-corrected chi connectivity index (χ0v) is 11.1. The van der Waals surface area contributed by atoms with Gasteiger partial charge in [-0.1, -0.05) is 23.8 Å². The number of hydrogen-bond donors (Lipinski definition) is 1. The molecule has 3 nitrogen and oxygen atoms in total. The van der Waals surface area contributed by atoms with Gasteiger partial charge >= 0.3 is 0 Å². The summed E-state index contributed by atoms with van der Waals surface area (Å²) in [6.45, 7) is 4.99. The Hall–Kier alpha value is -0.870. The van der Waals surface area contributed by atoms with Crippen LogP contribution in [0.1, 0.15) is 20.3 Å². The van der Waals surface area contributed by atoms with Crippen molar-refractivity contribution < 1.29 is 0 Å². The smallest absolute Gasteiger partial charge is 0.128 e. The SMILES string of the molecule is CC(C)N(CCC(N)=S)c1ccc(Cl)cn1. The van der Waals surface area contributed by atoms with E-state index >= 15 is 0 Å². The molecule has 1 aromatic rings. The van der Waals surface area contributed by atoms with Gasteiger partial charge in [-0.15, -0.1) is 0 Å². The standard InChI is InChI=1S/C11H16ClN3S/c1-8(2)15(6-5-10(13)16)11-4-3-9(12)7-14-11/h3-4,7-8H,5-6H2,1-2H3,(H2,13,16). The highest BCUT2D eigenvalue weighted by Crippen LogP contribution is 2.16. The summed E-state index contributed by atoms with van der Waals surface area (Å²) in [5.41, 5.74) is 5.51. The molecule has 0 saturated heterocycles. The zero-order valence-electron chi connectivity index (χ0n) is 9.48. The van der Waals surface area contributed by atoms with E-state index in [1.165, 1.54) is 0 Å². The first-order valence-electron chi connectivity index (χ1n) is 5.17.